The number of ether oxygens (including phenoxy) is 1. The summed E-state index contributed by atoms with van der Waals surface area (Å²) in [6.45, 7) is 0. The molecule has 0 radical (unpaired) electrons. The third-order valence-electron chi connectivity index (χ3n) is 2.01. The Balaban J connectivity index is 2.91. The van der Waals surface area contributed by atoms with E-state index in [1.54, 1.807) is 0 Å². The van der Waals surface area contributed by atoms with Crippen LogP contribution in [0.3, 0.4) is 0 Å². The van der Waals surface area contributed by atoms with Crippen molar-refractivity contribution in [3.63, 3.8) is 0 Å². The molecule has 0 aromatic heterocycles. The van der Waals surface area contributed by atoms with Crippen molar-refractivity contribution in [3.8, 4) is 0 Å². The van der Waals surface area contributed by atoms with E-state index in [1.165, 1.54) is 0 Å². The minimum absolute atomic E-state index is 0.269. The first kappa shape index (κ1) is 10.4. The highest BCUT2D eigenvalue weighted by Crippen LogP contribution is 2.22. The second kappa shape index (κ2) is 3.60. The van der Waals surface area contributed by atoms with Gasteiger partial charge in [-0.1, -0.05) is 0 Å². The van der Waals surface area contributed by atoms with Crippen molar-refractivity contribution in [2.24, 2.45) is 5.73 Å². The van der Waals surface area contributed by atoms with Gasteiger partial charge in [-0.3, -0.25) is 10.3 Å². The largest absolute Gasteiger partial charge is 0.467 e. The highest BCUT2D eigenvalue weighted by Gasteiger charge is 2.44. The minimum Gasteiger partial charge on any atom is -0.467 e. The van der Waals surface area contributed by atoms with Gasteiger partial charge in [-0.15, -0.1) is 0 Å². The minimum atomic E-state index is -1.65. The summed E-state index contributed by atoms with van der Waals surface area (Å²) in [5, 5.41) is 7.18. The van der Waals surface area contributed by atoms with Gasteiger partial charge in [0.05, 0.1) is 7.11 Å². The number of nitrogens with two attached hydrogens (primary N) is 1. The van der Waals surface area contributed by atoms with Crippen LogP contribution in [0, 0.1) is 5.41 Å². The number of likely N-dealkylation sites (tertiary alicyclic amines) is 1. The molecule has 1 fully saturated rings. The maximum Gasteiger partial charge on any atom is 0.329 e. The molecular weight excluding hydrogens is 193 g/mol. The predicted octanol–water partition coefficient (Wildman–Crippen LogP) is -0.372. The molecule has 3 N–H and O–H groups in total. The molecule has 0 aliphatic carbocycles. The van der Waals surface area contributed by atoms with E-state index in [1.807, 2.05) is 0 Å². The lowest BCUT2D eigenvalue weighted by atomic mass is 10.2. The number of esters is 1. The molecule has 2 amide bonds. The van der Waals surface area contributed by atoms with Crippen molar-refractivity contribution in [2.45, 2.75) is 18.6 Å². The van der Waals surface area contributed by atoms with Crippen LogP contribution in [0.5, 0.6) is 0 Å². The zero-order valence-corrected chi connectivity index (χ0v) is 7.49. The number of nitrogens with one attached hydrogen (secondary N) is 1. The van der Waals surface area contributed by atoms with Crippen LogP contribution in [0.1, 0.15) is 6.42 Å². The number of hydrogen-bond donors (Lipinski definition) is 2. The molecular formula is C7H10FN3O3. The number of carbonyl (C=O) groups excluding carboxylic acids is 2. The number of nitrogens with zero attached hydrogens (tertiary/aromatic N) is 1. The molecule has 78 valence electrons. The van der Waals surface area contributed by atoms with E-state index in [-0.39, 0.29) is 6.42 Å². The van der Waals surface area contributed by atoms with Crippen LogP contribution in [-0.4, -0.2) is 42.1 Å². The SMILES string of the molecule is COC(=O)C1C[C@H](F)C(=N)N1C(N)=O. The summed E-state index contributed by atoms with van der Waals surface area (Å²) < 4.78 is 17.4. The smallest absolute Gasteiger partial charge is 0.329 e. The molecule has 0 aromatic carbocycles. The Labute approximate surface area is 79.3 Å². The average Bonchev–Trinajstić information content (AvgIpc) is 2.42. The Morgan fingerprint density at radius 1 is 1.71 bits per heavy atom. The maximum atomic E-state index is 13.0. The van der Waals surface area contributed by atoms with Crippen molar-refractivity contribution in [2.75, 3.05) is 7.11 Å². The number of amidine groups is 1. The fourth-order valence-electron chi connectivity index (χ4n) is 1.34. The number of rotatable bonds is 1. The monoisotopic (exact) mass is 203 g/mol. The van der Waals surface area contributed by atoms with E-state index in [4.69, 9.17) is 11.1 Å². The Bertz CT molecular complexity index is 294. The third-order valence-corrected chi connectivity index (χ3v) is 2.01. The highest BCUT2D eigenvalue weighted by molar-refractivity contribution is 6.04. The first-order valence-corrected chi connectivity index (χ1v) is 3.88. The average molecular weight is 203 g/mol. The topological polar surface area (TPSA) is 96.5 Å². The molecule has 7 heteroatoms. The molecule has 0 aromatic rings. The lowest BCUT2D eigenvalue weighted by molar-refractivity contribution is -0.144. The van der Waals surface area contributed by atoms with Gasteiger partial charge in [0.15, 0.2) is 6.17 Å². The van der Waals surface area contributed by atoms with Gasteiger partial charge >= 0.3 is 12.0 Å². The Hall–Kier alpha value is -1.66. The molecule has 1 aliphatic heterocycles. The number of hydrogen-bond acceptors (Lipinski definition) is 4. The van der Waals surface area contributed by atoms with Crippen LogP contribution in [0.25, 0.3) is 0 Å². The number of halogens is 1. The second-order valence-corrected chi connectivity index (χ2v) is 2.84. The van der Waals surface area contributed by atoms with Gasteiger partial charge in [0.2, 0.25) is 0 Å². The number of alkyl halides is 1. The normalized spacial score (nSPS) is 26.4. The van der Waals surface area contributed by atoms with Gasteiger partial charge in [0, 0.05) is 6.42 Å². The second-order valence-electron chi connectivity index (χ2n) is 2.84. The van der Waals surface area contributed by atoms with Gasteiger partial charge in [0.1, 0.15) is 11.9 Å². The maximum absolute atomic E-state index is 13.0. The lowest BCUT2D eigenvalue weighted by Crippen LogP contribution is -2.46. The summed E-state index contributed by atoms with van der Waals surface area (Å²) in [5.74, 6) is -1.36. The first-order valence-electron chi connectivity index (χ1n) is 3.88. The van der Waals surface area contributed by atoms with E-state index < -0.39 is 30.0 Å². The van der Waals surface area contributed by atoms with Gasteiger partial charge in [-0.25, -0.2) is 14.0 Å². The molecule has 1 saturated heterocycles. The van der Waals surface area contributed by atoms with Crippen LogP contribution in [0.15, 0.2) is 0 Å². The van der Waals surface area contributed by atoms with E-state index in [0.717, 1.165) is 7.11 Å². The van der Waals surface area contributed by atoms with E-state index in [9.17, 15) is 14.0 Å². The molecule has 0 saturated carbocycles. The van der Waals surface area contributed by atoms with Crippen molar-refractivity contribution in [1.82, 2.24) is 4.90 Å². The molecule has 14 heavy (non-hydrogen) atoms. The number of amides is 2. The third kappa shape index (κ3) is 1.52. The molecule has 6 nitrogen and oxygen atoms in total. The Morgan fingerprint density at radius 3 is 2.71 bits per heavy atom. The Kier molecular flexibility index (Phi) is 2.68. The van der Waals surface area contributed by atoms with Crippen LogP contribution in [-0.2, 0) is 9.53 Å². The van der Waals surface area contributed by atoms with Crippen LogP contribution >= 0.6 is 0 Å². The number of carbonyl (C=O) groups is 2. The van der Waals surface area contributed by atoms with Crippen LogP contribution in [0.2, 0.25) is 0 Å². The zero-order chi connectivity index (χ0) is 10.9. The predicted molar refractivity (Wildman–Crippen MR) is 44.5 cm³/mol. The lowest BCUT2D eigenvalue weighted by Gasteiger charge is -2.19. The standard InChI is InChI=1S/C7H10FN3O3/c1-14-6(12)4-2-3(8)5(9)11(4)7(10)13/h3-4,9H,2H2,1H3,(H2,10,13)/t3-,4?/m0/s1. The van der Waals surface area contributed by atoms with Crippen molar-refractivity contribution < 1.29 is 18.7 Å². The van der Waals surface area contributed by atoms with Gasteiger partial charge < -0.3 is 10.5 Å². The number of primary amides is 1. The Morgan fingerprint density at radius 2 is 2.29 bits per heavy atom. The highest BCUT2D eigenvalue weighted by atomic mass is 19.1. The zero-order valence-electron chi connectivity index (χ0n) is 7.49. The van der Waals surface area contributed by atoms with Gasteiger partial charge in [0.25, 0.3) is 0 Å². The van der Waals surface area contributed by atoms with Crippen molar-refractivity contribution in [1.29, 1.82) is 5.41 Å². The molecule has 0 bridgehead atoms. The molecule has 1 aliphatic rings. The first-order chi connectivity index (χ1) is 6.49. The summed E-state index contributed by atoms with van der Waals surface area (Å²) in [6, 6.07) is -2.13. The molecule has 1 rings (SSSR count). The van der Waals surface area contributed by atoms with Crippen molar-refractivity contribution in [3.05, 3.63) is 0 Å². The summed E-state index contributed by atoms with van der Waals surface area (Å²) >= 11 is 0. The number of urea groups is 1. The summed E-state index contributed by atoms with van der Waals surface area (Å²) in [5.41, 5.74) is 4.90. The van der Waals surface area contributed by atoms with E-state index in [2.05, 4.69) is 4.74 Å². The van der Waals surface area contributed by atoms with Gasteiger partial charge in [-0.2, -0.15) is 0 Å². The molecule has 2 atom stereocenters. The summed E-state index contributed by atoms with van der Waals surface area (Å²) in [6.07, 6.45) is -1.92. The van der Waals surface area contributed by atoms with Crippen LogP contribution in [0.4, 0.5) is 9.18 Å². The molecule has 1 heterocycles. The quantitative estimate of drug-likeness (QED) is 0.569. The van der Waals surface area contributed by atoms with Crippen LogP contribution < -0.4 is 5.73 Å². The van der Waals surface area contributed by atoms with Gasteiger partial charge in [-0.05, 0) is 0 Å². The molecule has 1 unspecified atom stereocenters. The van der Waals surface area contributed by atoms with E-state index in [0.29, 0.717) is 4.90 Å². The molecule has 0 spiro atoms. The fourth-order valence-corrected chi connectivity index (χ4v) is 1.34. The summed E-state index contributed by atoms with van der Waals surface area (Å²) in [7, 11) is 1.12. The summed E-state index contributed by atoms with van der Waals surface area (Å²) in [4.78, 5) is 22.5. The van der Waals surface area contributed by atoms with E-state index >= 15 is 0 Å². The number of methoxy groups -OCH3 is 1. The fraction of sp³-hybridized carbons (Fsp3) is 0.571. The van der Waals surface area contributed by atoms with Crippen molar-refractivity contribution >= 4 is 17.8 Å².